The maximum Gasteiger partial charge on any atom is 0.0762 e. The summed E-state index contributed by atoms with van der Waals surface area (Å²) < 4.78 is 1.04. The predicted octanol–water partition coefficient (Wildman–Crippen LogP) is 3.10. The van der Waals surface area contributed by atoms with E-state index in [4.69, 9.17) is 5.11 Å². The van der Waals surface area contributed by atoms with Crippen LogP contribution in [0.5, 0.6) is 0 Å². The molecule has 0 spiro atoms. The van der Waals surface area contributed by atoms with Crippen molar-refractivity contribution in [1.29, 1.82) is 0 Å². The average molecular weight is 328 g/mol. The lowest BCUT2D eigenvalue weighted by molar-refractivity contribution is 0.199. The normalized spacial score (nSPS) is 21.5. The lowest BCUT2D eigenvalue weighted by Crippen LogP contribution is -2.36. The third kappa shape index (κ3) is 3.71. The highest BCUT2D eigenvalue weighted by atomic mass is 79.9. The van der Waals surface area contributed by atoms with Crippen LogP contribution >= 0.6 is 15.9 Å². The first-order chi connectivity index (χ1) is 9.11. The standard InChI is InChI=1S/C15H22BrNO2/c1-11(19)13-4-5-15(14(16)9-13)17-7-2-3-12(10-17)6-8-18/h4-5,9,11-12,18-19H,2-3,6-8,10H2,1H3/t11-,12?/m1/s1. The van der Waals surface area contributed by atoms with Gasteiger partial charge in [-0.1, -0.05) is 6.07 Å². The fourth-order valence-electron chi connectivity index (χ4n) is 2.74. The van der Waals surface area contributed by atoms with Crippen molar-refractivity contribution in [3.63, 3.8) is 0 Å². The fourth-order valence-corrected chi connectivity index (χ4v) is 3.39. The van der Waals surface area contributed by atoms with Crippen molar-refractivity contribution >= 4 is 21.6 Å². The van der Waals surface area contributed by atoms with Gasteiger partial charge >= 0.3 is 0 Å². The van der Waals surface area contributed by atoms with E-state index in [-0.39, 0.29) is 6.61 Å². The van der Waals surface area contributed by atoms with Gasteiger partial charge in [-0.2, -0.15) is 0 Å². The second-order valence-corrected chi connectivity index (χ2v) is 6.21. The number of halogens is 1. The van der Waals surface area contributed by atoms with Crippen LogP contribution in [0.2, 0.25) is 0 Å². The molecule has 2 atom stereocenters. The molecule has 2 rings (SSSR count). The summed E-state index contributed by atoms with van der Waals surface area (Å²) in [6.07, 6.45) is 2.84. The van der Waals surface area contributed by atoms with Gasteiger partial charge in [0.25, 0.3) is 0 Å². The zero-order chi connectivity index (χ0) is 13.8. The summed E-state index contributed by atoms with van der Waals surface area (Å²) in [5.41, 5.74) is 2.12. The van der Waals surface area contributed by atoms with Gasteiger partial charge in [-0.3, -0.25) is 0 Å². The molecule has 19 heavy (non-hydrogen) atoms. The molecule has 4 heteroatoms. The van der Waals surface area contributed by atoms with E-state index >= 15 is 0 Å². The highest BCUT2D eigenvalue weighted by molar-refractivity contribution is 9.10. The van der Waals surface area contributed by atoms with E-state index in [9.17, 15) is 5.11 Å². The summed E-state index contributed by atoms with van der Waals surface area (Å²) >= 11 is 3.61. The molecule has 0 bridgehead atoms. The molecule has 106 valence electrons. The van der Waals surface area contributed by atoms with Crippen LogP contribution in [0.1, 0.15) is 37.9 Å². The Morgan fingerprint density at radius 3 is 2.89 bits per heavy atom. The van der Waals surface area contributed by atoms with Crippen LogP contribution in [0.4, 0.5) is 5.69 Å². The van der Waals surface area contributed by atoms with Crippen molar-refractivity contribution in [3.05, 3.63) is 28.2 Å². The monoisotopic (exact) mass is 327 g/mol. The van der Waals surface area contributed by atoms with Gasteiger partial charge < -0.3 is 15.1 Å². The van der Waals surface area contributed by atoms with Crippen molar-refractivity contribution in [1.82, 2.24) is 0 Å². The topological polar surface area (TPSA) is 43.7 Å². The van der Waals surface area contributed by atoms with Gasteiger partial charge in [-0.25, -0.2) is 0 Å². The summed E-state index contributed by atoms with van der Waals surface area (Å²) in [5.74, 6) is 0.585. The number of rotatable bonds is 4. The zero-order valence-electron chi connectivity index (χ0n) is 11.3. The van der Waals surface area contributed by atoms with Crippen LogP contribution in [0, 0.1) is 5.92 Å². The van der Waals surface area contributed by atoms with E-state index in [1.165, 1.54) is 18.5 Å². The van der Waals surface area contributed by atoms with Gasteiger partial charge in [-0.15, -0.1) is 0 Å². The van der Waals surface area contributed by atoms with Crippen molar-refractivity contribution in [2.24, 2.45) is 5.92 Å². The minimum atomic E-state index is -0.436. The number of nitrogens with zero attached hydrogens (tertiary/aromatic N) is 1. The van der Waals surface area contributed by atoms with Crippen molar-refractivity contribution in [2.75, 3.05) is 24.6 Å². The second-order valence-electron chi connectivity index (χ2n) is 5.35. The quantitative estimate of drug-likeness (QED) is 0.893. The molecule has 1 fully saturated rings. The summed E-state index contributed by atoms with van der Waals surface area (Å²) in [5, 5.41) is 18.7. The fraction of sp³-hybridized carbons (Fsp3) is 0.600. The van der Waals surface area contributed by atoms with E-state index in [0.29, 0.717) is 5.92 Å². The molecular weight excluding hydrogens is 306 g/mol. The second kappa shape index (κ2) is 6.73. The van der Waals surface area contributed by atoms with Gasteiger partial charge in [-0.05, 0) is 65.7 Å². The van der Waals surface area contributed by atoms with E-state index in [0.717, 1.165) is 29.5 Å². The summed E-state index contributed by atoms with van der Waals surface area (Å²) in [6, 6.07) is 6.06. The molecule has 1 unspecified atom stereocenters. The number of aliphatic hydroxyl groups is 2. The molecular formula is C15H22BrNO2. The van der Waals surface area contributed by atoms with Gasteiger partial charge in [0.2, 0.25) is 0 Å². The maximum atomic E-state index is 9.60. The molecule has 0 radical (unpaired) electrons. The molecule has 1 aliphatic heterocycles. The highest BCUT2D eigenvalue weighted by Gasteiger charge is 2.21. The van der Waals surface area contributed by atoms with Crippen LogP contribution in [-0.4, -0.2) is 29.9 Å². The summed E-state index contributed by atoms with van der Waals surface area (Å²) in [4.78, 5) is 2.37. The van der Waals surface area contributed by atoms with Crippen molar-refractivity contribution in [3.8, 4) is 0 Å². The van der Waals surface area contributed by atoms with Crippen molar-refractivity contribution < 1.29 is 10.2 Å². The number of piperidine rings is 1. The number of hydrogen-bond acceptors (Lipinski definition) is 3. The first-order valence-corrected chi connectivity index (χ1v) is 7.74. The molecule has 1 aliphatic rings. The Morgan fingerprint density at radius 2 is 2.26 bits per heavy atom. The van der Waals surface area contributed by atoms with E-state index in [1.807, 2.05) is 12.1 Å². The molecule has 2 N–H and O–H groups in total. The molecule has 0 aliphatic carbocycles. The third-order valence-corrected chi connectivity index (χ3v) is 4.49. The van der Waals surface area contributed by atoms with E-state index in [1.54, 1.807) is 6.92 Å². The van der Waals surface area contributed by atoms with E-state index < -0.39 is 6.10 Å². The molecule has 0 aromatic heterocycles. The van der Waals surface area contributed by atoms with Crippen LogP contribution in [0.15, 0.2) is 22.7 Å². The minimum Gasteiger partial charge on any atom is -0.396 e. The van der Waals surface area contributed by atoms with E-state index in [2.05, 4.69) is 26.9 Å². The van der Waals surface area contributed by atoms with Crippen LogP contribution in [-0.2, 0) is 0 Å². The predicted molar refractivity (Wildman–Crippen MR) is 81.4 cm³/mol. The summed E-state index contributed by atoms with van der Waals surface area (Å²) in [7, 11) is 0. The Kier molecular flexibility index (Phi) is 5.25. The molecule has 3 nitrogen and oxygen atoms in total. The van der Waals surface area contributed by atoms with Crippen LogP contribution in [0.3, 0.4) is 0 Å². The average Bonchev–Trinajstić information content (AvgIpc) is 2.39. The Balaban J connectivity index is 2.12. The van der Waals surface area contributed by atoms with Crippen LogP contribution < -0.4 is 4.90 Å². The lowest BCUT2D eigenvalue weighted by atomic mass is 9.94. The number of benzene rings is 1. The molecule has 1 saturated heterocycles. The SMILES string of the molecule is C[C@@H](O)c1ccc(N2CCCC(CCO)C2)c(Br)c1. The molecule has 1 aromatic carbocycles. The number of hydrogen-bond donors (Lipinski definition) is 2. The largest absolute Gasteiger partial charge is 0.396 e. The Labute approximate surface area is 123 Å². The first-order valence-electron chi connectivity index (χ1n) is 6.95. The molecule has 1 heterocycles. The first kappa shape index (κ1) is 14.8. The van der Waals surface area contributed by atoms with Crippen LogP contribution in [0.25, 0.3) is 0 Å². The Bertz CT molecular complexity index is 421. The smallest absolute Gasteiger partial charge is 0.0762 e. The third-order valence-electron chi connectivity index (χ3n) is 3.85. The van der Waals surface area contributed by atoms with Gasteiger partial charge in [0.1, 0.15) is 0 Å². The zero-order valence-corrected chi connectivity index (χ0v) is 12.9. The highest BCUT2D eigenvalue weighted by Crippen LogP contribution is 2.32. The van der Waals surface area contributed by atoms with Gasteiger partial charge in [0.05, 0.1) is 11.8 Å². The lowest BCUT2D eigenvalue weighted by Gasteiger charge is -2.35. The Morgan fingerprint density at radius 1 is 1.47 bits per heavy atom. The maximum absolute atomic E-state index is 9.60. The van der Waals surface area contributed by atoms with Gasteiger partial charge in [0.15, 0.2) is 0 Å². The minimum absolute atomic E-state index is 0.278. The Hall–Kier alpha value is -0.580. The summed E-state index contributed by atoms with van der Waals surface area (Å²) in [6.45, 7) is 4.13. The molecule has 1 aromatic rings. The molecule has 0 amide bonds. The molecule has 0 saturated carbocycles. The van der Waals surface area contributed by atoms with Crippen molar-refractivity contribution in [2.45, 2.75) is 32.3 Å². The van der Waals surface area contributed by atoms with Gasteiger partial charge in [0, 0.05) is 24.2 Å². The number of aliphatic hydroxyl groups excluding tert-OH is 2. The number of anilines is 1.